The van der Waals surface area contributed by atoms with Gasteiger partial charge in [-0.15, -0.1) is 0 Å². The van der Waals surface area contributed by atoms with Crippen LogP contribution in [0.5, 0.6) is 0 Å². The topological polar surface area (TPSA) is 35.5 Å². The normalized spacial score (nSPS) is 11.4. The van der Waals surface area contributed by atoms with Gasteiger partial charge in [0.25, 0.3) is 0 Å². The quantitative estimate of drug-likeness (QED) is 0.795. The first-order chi connectivity index (χ1) is 8.95. The number of benzene rings is 1. The summed E-state index contributed by atoms with van der Waals surface area (Å²) in [4.78, 5) is 2.23. The predicted octanol–water partition coefficient (Wildman–Crippen LogP) is 2.70. The van der Waals surface area contributed by atoms with E-state index in [4.69, 9.17) is 5.11 Å². The van der Waals surface area contributed by atoms with Gasteiger partial charge in [0.1, 0.15) is 0 Å². The molecule has 0 aromatic heterocycles. The van der Waals surface area contributed by atoms with Crippen LogP contribution in [0, 0.1) is 6.92 Å². The molecule has 0 bridgehead atoms. The van der Waals surface area contributed by atoms with Crippen molar-refractivity contribution >= 4 is 5.69 Å². The number of nitrogens with zero attached hydrogens (tertiary/aromatic N) is 1. The molecule has 3 nitrogen and oxygen atoms in total. The highest BCUT2D eigenvalue weighted by Crippen LogP contribution is 2.21. The monoisotopic (exact) mass is 264 g/mol. The van der Waals surface area contributed by atoms with Crippen LogP contribution in [-0.4, -0.2) is 30.3 Å². The van der Waals surface area contributed by atoms with Crippen LogP contribution in [0.3, 0.4) is 0 Å². The second-order valence-electron chi connectivity index (χ2n) is 5.66. The summed E-state index contributed by atoms with van der Waals surface area (Å²) < 4.78 is 0. The Morgan fingerprint density at radius 1 is 1.21 bits per heavy atom. The van der Waals surface area contributed by atoms with Gasteiger partial charge in [-0.25, -0.2) is 0 Å². The van der Waals surface area contributed by atoms with Crippen molar-refractivity contribution in [2.75, 3.05) is 18.1 Å². The van der Waals surface area contributed by atoms with Gasteiger partial charge in [-0.3, -0.25) is 0 Å². The molecule has 2 N–H and O–H groups in total. The van der Waals surface area contributed by atoms with Crippen molar-refractivity contribution in [3.8, 4) is 0 Å². The van der Waals surface area contributed by atoms with Crippen LogP contribution >= 0.6 is 0 Å². The van der Waals surface area contributed by atoms with Gasteiger partial charge in [0, 0.05) is 30.9 Å². The van der Waals surface area contributed by atoms with Crippen molar-refractivity contribution < 1.29 is 5.11 Å². The van der Waals surface area contributed by atoms with Gasteiger partial charge in [0.15, 0.2) is 0 Å². The van der Waals surface area contributed by atoms with Crippen molar-refractivity contribution in [1.29, 1.82) is 0 Å². The highest BCUT2D eigenvalue weighted by atomic mass is 16.3. The van der Waals surface area contributed by atoms with Gasteiger partial charge in [-0.2, -0.15) is 0 Å². The molecule has 0 unspecified atom stereocenters. The highest BCUT2D eigenvalue weighted by Gasteiger charge is 2.11. The summed E-state index contributed by atoms with van der Waals surface area (Å²) in [5.74, 6) is 0. The fourth-order valence-electron chi connectivity index (χ4n) is 2.16. The lowest BCUT2D eigenvalue weighted by Crippen LogP contribution is -2.33. The Bertz CT molecular complexity index is 388. The smallest absolute Gasteiger partial charge is 0.0606 e. The lowest BCUT2D eigenvalue weighted by Gasteiger charge is -2.29. The molecule has 0 radical (unpaired) electrons. The maximum Gasteiger partial charge on any atom is 0.0606 e. The zero-order valence-electron chi connectivity index (χ0n) is 12.9. The predicted molar refractivity (Wildman–Crippen MR) is 82.7 cm³/mol. The first-order valence-corrected chi connectivity index (χ1v) is 7.16. The zero-order chi connectivity index (χ0) is 14.4. The highest BCUT2D eigenvalue weighted by molar-refractivity contribution is 5.51. The largest absolute Gasteiger partial charge is 0.395 e. The van der Waals surface area contributed by atoms with Gasteiger partial charge in [0.2, 0.25) is 0 Å². The maximum atomic E-state index is 9.16. The van der Waals surface area contributed by atoms with Crippen LogP contribution in [0.1, 0.15) is 38.8 Å². The number of aliphatic hydroxyl groups excluding tert-OH is 1. The second-order valence-corrected chi connectivity index (χ2v) is 5.66. The van der Waals surface area contributed by atoms with E-state index in [9.17, 15) is 0 Å². The van der Waals surface area contributed by atoms with Crippen LogP contribution in [0.4, 0.5) is 5.69 Å². The summed E-state index contributed by atoms with van der Waals surface area (Å²) in [6, 6.07) is 7.45. The Kier molecular flexibility index (Phi) is 6.32. The second kappa shape index (κ2) is 7.51. The van der Waals surface area contributed by atoms with E-state index >= 15 is 0 Å². The summed E-state index contributed by atoms with van der Waals surface area (Å²) in [6.45, 7) is 12.5. The number of nitrogens with one attached hydrogen (secondary N) is 1. The number of aliphatic hydroxyl groups is 1. The molecule has 0 saturated heterocycles. The Balaban J connectivity index is 2.85. The summed E-state index contributed by atoms with van der Waals surface area (Å²) in [7, 11) is 0. The van der Waals surface area contributed by atoms with E-state index in [2.05, 4.69) is 63.0 Å². The minimum atomic E-state index is 0.188. The molecule has 0 heterocycles. The number of hydrogen-bond donors (Lipinski definition) is 2. The zero-order valence-corrected chi connectivity index (χ0v) is 12.9. The molecule has 0 amide bonds. The van der Waals surface area contributed by atoms with Gasteiger partial charge in [-0.1, -0.05) is 19.9 Å². The number of hydrogen-bond acceptors (Lipinski definition) is 3. The van der Waals surface area contributed by atoms with Crippen molar-refractivity contribution in [2.45, 2.75) is 53.2 Å². The standard InChI is InChI=1S/C16H28N2O/c1-12(2)17-11-15-6-7-16(10-14(15)5)18(8-9-19)13(3)4/h6-7,10,12-13,17,19H,8-9,11H2,1-5H3. The molecule has 0 spiro atoms. The van der Waals surface area contributed by atoms with Crippen LogP contribution in [-0.2, 0) is 6.54 Å². The van der Waals surface area contributed by atoms with E-state index in [0.717, 1.165) is 6.54 Å². The third-order valence-electron chi connectivity index (χ3n) is 3.32. The van der Waals surface area contributed by atoms with Gasteiger partial charge in [0.05, 0.1) is 6.61 Å². The molecule has 0 fully saturated rings. The summed E-state index contributed by atoms with van der Waals surface area (Å²) >= 11 is 0. The van der Waals surface area contributed by atoms with Crippen LogP contribution in [0.15, 0.2) is 18.2 Å². The van der Waals surface area contributed by atoms with Gasteiger partial charge < -0.3 is 15.3 Å². The van der Waals surface area contributed by atoms with Crippen molar-refractivity contribution in [1.82, 2.24) is 5.32 Å². The Morgan fingerprint density at radius 2 is 1.89 bits per heavy atom. The van der Waals surface area contributed by atoms with Crippen LogP contribution in [0.25, 0.3) is 0 Å². The van der Waals surface area contributed by atoms with E-state index in [0.29, 0.717) is 18.6 Å². The average Bonchev–Trinajstić information content (AvgIpc) is 2.33. The minimum absolute atomic E-state index is 0.188. The van der Waals surface area contributed by atoms with Crippen molar-refractivity contribution in [3.05, 3.63) is 29.3 Å². The summed E-state index contributed by atoms with van der Waals surface area (Å²) in [5, 5.41) is 12.6. The van der Waals surface area contributed by atoms with E-state index < -0.39 is 0 Å². The van der Waals surface area contributed by atoms with E-state index in [1.54, 1.807) is 0 Å². The Morgan fingerprint density at radius 3 is 2.37 bits per heavy atom. The molecular formula is C16H28N2O. The van der Waals surface area contributed by atoms with Crippen LogP contribution < -0.4 is 10.2 Å². The third kappa shape index (κ3) is 4.84. The minimum Gasteiger partial charge on any atom is -0.395 e. The first-order valence-electron chi connectivity index (χ1n) is 7.16. The maximum absolute atomic E-state index is 9.16. The molecule has 1 aromatic carbocycles. The van der Waals surface area contributed by atoms with E-state index in [-0.39, 0.29) is 6.61 Å². The SMILES string of the molecule is Cc1cc(N(CCO)C(C)C)ccc1CNC(C)C. The molecule has 0 aliphatic rings. The number of aryl methyl sites for hydroxylation is 1. The van der Waals surface area contributed by atoms with Crippen molar-refractivity contribution in [2.24, 2.45) is 0 Å². The Hall–Kier alpha value is -1.06. The molecule has 108 valence electrons. The molecule has 1 aromatic rings. The number of rotatable bonds is 7. The van der Waals surface area contributed by atoms with Gasteiger partial charge in [-0.05, 0) is 44.0 Å². The van der Waals surface area contributed by atoms with Crippen LogP contribution in [0.2, 0.25) is 0 Å². The molecule has 3 heteroatoms. The molecule has 19 heavy (non-hydrogen) atoms. The molecule has 0 aliphatic heterocycles. The fourth-order valence-corrected chi connectivity index (χ4v) is 2.16. The fraction of sp³-hybridized carbons (Fsp3) is 0.625. The van der Waals surface area contributed by atoms with Gasteiger partial charge >= 0.3 is 0 Å². The van der Waals surface area contributed by atoms with E-state index in [1.165, 1.54) is 16.8 Å². The molecule has 0 aliphatic carbocycles. The lowest BCUT2D eigenvalue weighted by atomic mass is 10.1. The number of anilines is 1. The molecule has 0 saturated carbocycles. The average molecular weight is 264 g/mol. The third-order valence-corrected chi connectivity index (χ3v) is 3.32. The first kappa shape index (κ1) is 16.0. The summed E-state index contributed by atoms with van der Waals surface area (Å²) in [6.07, 6.45) is 0. The lowest BCUT2D eigenvalue weighted by molar-refractivity contribution is 0.299. The Labute approximate surface area is 117 Å². The molecule has 1 rings (SSSR count). The molecule has 0 atom stereocenters. The van der Waals surface area contributed by atoms with E-state index in [1.807, 2.05) is 0 Å². The van der Waals surface area contributed by atoms with Crippen molar-refractivity contribution in [3.63, 3.8) is 0 Å². The summed E-state index contributed by atoms with van der Waals surface area (Å²) in [5.41, 5.74) is 3.83. The molecular weight excluding hydrogens is 236 g/mol.